The third kappa shape index (κ3) is 6.91. The van der Waals surface area contributed by atoms with E-state index in [0.29, 0.717) is 0 Å². The van der Waals surface area contributed by atoms with E-state index in [1.807, 2.05) is 72.8 Å². The van der Waals surface area contributed by atoms with Crippen molar-refractivity contribution < 1.29 is 46.8 Å². The van der Waals surface area contributed by atoms with Crippen molar-refractivity contribution in [2.24, 2.45) is 0 Å². The van der Waals surface area contributed by atoms with Gasteiger partial charge in [0.2, 0.25) is 0 Å². The number of rotatable bonds is 3. The molecule has 6 aromatic rings. The van der Waals surface area contributed by atoms with Gasteiger partial charge in [-0.3, -0.25) is 0 Å². The Morgan fingerprint density at radius 2 is 0.575 bits per heavy atom. The van der Waals surface area contributed by atoms with Crippen LogP contribution in [-0.4, -0.2) is 17.9 Å². The monoisotopic (exact) mass is 569 g/mol. The fourth-order valence-electron chi connectivity index (χ4n) is 4.21. The fourth-order valence-corrected chi connectivity index (χ4v) is 4.21. The van der Waals surface area contributed by atoms with Crippen LogP contribution in [0.15, 0.2) is 127 Å². The molecule has 0 amide bonds. The van der Waals surface area contributed by atoms with E-state index < -0.39 is 17.9 Å². The summed E-state index contributed by atoms with van der Waals surface area (Å²) in [6.45, 7) is 0. The van der Waals surface area contributed by atoms with Crippen molar-refractivity contribution in [1.82, 2.24) is 0 Å². The van der Waals surface area contributed by atoms with Gasteiger partial charge in [0.15, 0.2) is 0 Å². The van der Waals surface area contributed by atoms with Crippen LogP contribution >= 0.6 is 0 Å². The first-order valence-electron chi connectivity index (χ1n) is 11.9. The zero-order valence-corrected chi connectivity index (χ0v) is 22.0. The molecule has 0 fully saturated rings. The Balaban J connectivity index is 0.000000163. The second kappa shape index (κ2) is 13.7. The quantitative estimate of drug-likeness (QED) is 0.301. The van der Waals surface area contributed by atoms with Crippen molar-refractivity contribution in [2.45, 2.75) is 0 Å². The maximum Gasteiger partial charge on any atom is 3.00 e. The van der Waals surface area contributed by atoms with Gasteiger partial charge >= 0.3 is 17.1 Å². The predicted octanol–water partition coefficient (Wildman–Crippen LogP) is 3.61. The van der Waals surface area contributed by atoms with Crippen LogP contribution in [0.25, 0.3) is 32.3 Å². The molecule has 0 unspecified atom stereocenters. The second-order valence-electron chi connectivity index (χ2n) is 8.44. The molecule has 0 aromatic heterocycles. The topological polar surface area (TPSA) is 120 Å². The number of aromatic carboxylic acids is 3. The summed E-state index contributed by atoms with van der Waals surface area (Å²) in [4.78, 5) is 32.1. The minimum absolute atomic E-state index is 0. The molecule has 6 rings (SSSR count). The molecule has 7 heteroatoms. The Bertz CT molecular complexity index is 1580. The molecule has 0 bridgehead atoms. The molecule has 0 N–H and O–H groups in total. The molecule has 6 nitrogen and oxygen atoms in total. The molecule has 0 aliphatic rings. The first kappa shape index (κ1) is 29.6. The minimum Gasteiger partial charge on any atom is -0.545 e. The average Bonchev–Trinajstić information content (AvgIpc) is 2.96. The van der Waals surface area contributed by atoms with Crippen molar-refractivity contribution in [2.75, 3.05) is 0 Å². The standard InChI is InChI=1S/3C11H8O2.Fe/c3*12-11(13)10-7-3-5-8-4-1-2-6-9(8)10;/h3*1-7H,(H,12,13);/q;;;+3/p-3. The van der Waals surface area contributed by atoms with Gasteiger partial charge in [-0.15, -0.1) is 0 Å². The maximum atomic E-state index is 10.7. The Morgan fingerprint density at radius 1 is 0.350 bits per heavy atom. The van der Waals surface area contributed by atoms with Crippen LogP contribution < -0.4 is 15.3 Å². The van der Waals surface area contributed by atoms with Gasteiger partial charge in [-0.2, -0.15) is 0 Å². The van der Waals surface area contributed by atoms with E-state index in [4.69, 9.17) is 0 Å². The van der Waals surface area contributed by atoms with Gasteiger partial charge in [0.05, 0.1) is 17.9 Å². The van der Waals surface area contributed by atoms with Gasteiger partial charge in [0.25, 0.3) is 0 Å². The molecule has 40 heavy (non-hydrogen) atoms. The molecule has 197 valence electrons. The van der Waals surface area contributed by atoms with E-state index in [2.05, 4.69) is 0 Å². The summed E-state index contributed by atoms with van der Waals surface area (Å²) in [6.07, 6.45) is 0. The molecular weight excluding hydrogens is 548 g/mol. The van der Waals surface area contributed by atoms with Crippen molar-refractivity contribution in [3.8, 4) is 0 Å². The van der Waals surface area contributed by atoms with Crippen LogP contribution in [0, 0.1) is 0 Å². The molecule has 0 heterocycles. The van der Waals surface area contributed by atoms with Crippen LogP contribution in [0.5, 0.6) is 0 Å². The van der Waals surface area contributed by atoms with Gasteiger partial charge in [-0.1, -0.05) is 127 Å². The van der Waals surface area contributed by atoms with Crippen LogP contribution in [-0.2, 0) is 17.1 Å². The molecule has 0 saturated carbocycles. The van der Waals surface area contributed by atoms with Crippen LogP contribution in [0.4, 0.5) is 0 Å². The van der Waals surface area contributed by atoms with Gasteiger partial charge < -0.3 is 29.7 Å². The zero-order valence-electron chi connectivity index (χ0n) is 20.9. The zero-order chi connectivity index (χ0) is 27.8. The smallest absolute Gasteiger partial charge is 0.545 e. The molecule has 0 spiro atoms. The van der Waals surface area contributed by atoms with Gasteiger partial charge in [-0.05, 0) is 32.3 Å². The molecule has 0 saturated heterocycles. The molecule has 1 radical (unpaired) electrons. The Morgan fingerprint density at radius 3 is 0.825 bits per heavy atom. The first-order valence-corrected chi connectivity index (χ1v) is 11.9. The summed E-state index contributed by atoms with van der Waals surface area (Å²) in [5.74, 6) is -3.38. The van der Waals surface area contributed by atoms with Crippen molar-refractivity contribution in [3.63, 3.8) is 0 Å². The molecule has 0 aliphatic heterocycles. The SMILES string of the molecule is O=C([O-])c1cccc2ccccc12.O=C([O-])c1cccc2ccccc12.O=C([O-])c1cccc2ccccc12.[Fe+3]. The summed E-state index contributed by atoms with van der Waals surface area (Å²) in [7, 11) is 0. The van der Waals surface area contributed by atoms with E-state index in [1.165, 1.54) is 0 Å². The Labute approximate surface area is 240 Å². The number of carboxylic acids is 3. The number of hydrogen-bond acceptors (Lipinski definition) is 6. The van der Waals surface area contributed by atoms with Gasteiger partial charge in [0.1, 0.15) is 0 Å². The van der Waals surface area contributed by atoms with Crippen LogP contribution in [0.2, 0.25) is 0 Å². The first-order chi connectivity index (χ1) is 18.9. The largest absolute Gasteiger partial charge is 3.00 e. The minimum atomic E-state index is -1.13. The number of hydrogen-bond donors (Lipinski definition) is 0. The van der Waals surface area contributed by atoms with E-state index in [1.54, 1.807) is 54.6 Å². The number of carbonyl (C=O) groups excluding carboxylic acids is 3. The number of carboxylic acid groups (broad SMARTS) is 3. The number of fused-ring (bicyclic) bond motifs is 3. The summed E-state index contributed by atoms with van der Waals surface area (Å²) in [5, 5.41) is 37.1. The Hall–Kier alpha value is -4.97. The molecule has 6 aromatic carbocycles. The van der Waals surface area contributed by atoms with Crippen LogP contribution in [0.3, 0.4) is 0 Å². The predicted molar refractivity (Wildman–Crippen MR) is 145 cm³/mol. The van der Waals surface area contributed by atoms with Crippen molar-refractivity contribution in [1.29, 1.82) is 0 Å². The maximum absolute atomic E-state index is 10.7. The van der Waals surface area contributed by atoms with E-state index in [9.17, 15) is 29.7 Å². The summed E-state index contributed by atoms with van der Waals surface area (Å²) in [6, 6.07) is 37.5. The van der Waals surface area contributed by atoms with Crippen molar-refractivity contribution in [3.05, 3.63) is 144 Å². The van der Waals surface area contributed by atoms with Crippen LogP contribution in [0.1, 0.15) is 31.1 Å². The Kier molecular flexibility index (Phi) is 10.1. The van der Waals surface area contributed by atoms with Gasteiger partial charge in [-0.25, -0.2) is 0 Å². The number of benzene rings is 6. The summed E-state index contributed by atoms with van der Waals surface area (Å²) >= 11 is 0. The third-order valence-corrected chi connectivity index (χ3v) is 6.03. The molecule has 0 atom stereocenters. The molecule has 0 aliphatic carbocycles. The normalized spacial score (nSPS) is 9.90. The number of carbonyl (C=O) groups is 3. The van der Waals surface area contributed by atoms with Gasteiger partial charge in [0, 0.05) is 16.7 Å². The average molecular weight is 569 g/mol. The summed E-state index contributed by atoms with van der Waals surface area (Å²) < 4.78 is 0. The van der Waals surface area contributed by atoms with E-state index in [-0.39, 0.29) is 33.8 Å². The second-order valence-corrected chi connectivity index (χ2v) is 8.44. The third-order valence-electron chi connectivity index (χ3n) is 6.03. The summed E-state index contributed by atoms with van der Waals surface area (Å²) in [5.41, 5.74) is 0.745. The van der Waals surface area contributed by atoms with E-state index >= 15 is 0 Å². The fraction of sp³-hybridized carbons (Fsp3) is 0. The van der Waals surface area contributed by atoms with Crippen molar-refractivity contribution >= 4 is 50.2 Å². The molecular formula is C33H21FeO6. The van der Waals surface area contributed by atoms with E-state index in [0.717, 1.165) is 32.3 Å².